The minimum atomic E-state index is -0.219. The number of piperidine rings is 1. The molecule has 2 aromatic carbocycles. The van der Waals surface area contributed by atoms with Crippen molar-refractivity contribution >= 4 is 16.7 Å². The van der Waals surface area contributed by atoms with Crippen LogP contribution in [-0.4, -0.2) is 65.0 Å². The number of benzene rings is 2. The summed E-state index contributed by atoms with van der Waals surface area (Å²) in [5, 5.41) is 5.07. The fraction of sp³-hybridized carbons (Fsp3) is 0.346. The van der Waals surface area contributed by atoms with Crippen LogP contribution in [0.25, 0.3) is 33.7 Å². The summed E-state index contributed by atoms with van der Waals surface area (Å²) in [4.78, 5) is 25.6. The standard InChI is InChI=1S/C26H30N6O2/c1-30(2)18-12-14-32(15-13-18)19-10-11-20(21(16-19)34-4)24-27-25-22(26(33)28-24)23(29-31(25)3)17-8-6-5-7-9-17/h5-11,16,18H,12-15H2,1-4H3,(H,27,28,33). The minimum absolute atomic E-state index is 0.219. The predicted molar refractivity (Wildman–Crippen MR) is 135 cm³/mol. The fourth-order valence-electron chi connectivity index (χ4n) is 4.79. The third-order valence-electron chi connectivity index (χ3n) is 6.74. The molecule has 5 rings (SSSR count). The molecule has 0 spiro atoms. The van der Waals surface area contributed by atoms with Crippen LogP contribution >= 0.6 is 0 Å². The van der Waals surface area contributed by atoms with Gasteiger partial charge in [-0.1, -0.05) is 30.3 Å². The first-order chi connectivity index (χ1) is 16.5. The number of ether oxygens (including phenoxy) is 1. The third-order valence-corrected chi connectivity index (χ3v) is 6.74. The molecule has 0 saturated carbocycles. The van der Waals surface area contributed by atoms with Gasteiger partial charge in [0, 0.05) is 43.5 Å². The number of fused-ring (bicyclic) bond motifs is 1. The van der Waals surface area contributed by atoms with E-state index in [1.807, 2.05) is 49.5 Å². The Balaban J connectivity index is 1.51. The lowest BCUT2D eigenvalue weighted by Gasteiger charge is -2.36. The zero-order chi connectivity index (χ0) is 23.8. The van der Waals surface area contributed by atoms with Crippen LogP contribution in [0.2, 0.25) is 0 Å². The van der Waals surface area contributed by atoms with Crippen molar-refractivity contribution in [1.82, 2.24) is 24.6 Å². The van der Waals surface area contributed by atoms with Gasteiger partial charge in [-0.2, -0.15) is 5.10 Å². The Morgan fingerprint density at radius 3 is 2.50 bits per heavy atom. The van der Waals surface area contributed by atoms with Gasteiger partial charge in [-0.25, -0.2) is 9.67 Å². The second-order valence-corrected chi connectivity index (χ2v) is 9.02. The Labute approximate surface area is 198 Å². The average Bonchev–Trinajstić information content (AvgIpc) is 3.21. The van der Waals surface area contributed by atoms with Crippen molar-refractivity contribution < 1.29 is 4.74 Å². The lowest BCUT2D eigenvalue weighted by atomic mass is 10.0. The molecule has 4 aromatic rings. The Kier molecular flexibility index (Phi) is 5.83. The van der Waals surface area contributed by atoms with E-state index in [0.29, 0.717) is 34.3 Å². The second kappa shape index (κ2) is 8.95. The Morgan fingerprint density at radius 1 is 1.09 bits per heavy atom. The van der Waals surface area contributed by atoms with Gasteiger partial charge in [-0.15, -0.1) is 0 Å². The lowest BCUT2D eigenvalue weighted by molar-refractivity contribution is 0.249. The minimum Gasteiger partial charge on any atom is -0.496 e. The first-order valence-electron chi connectivity index (χ1n) is 11.6. The summed E-state index contributed by atoms with van der Waals surface area (Å²) < 4.78 is 7.39. The van der Waals surface area contributed by atoms with E-state index < -0.39 is 0 Å². The Bertz CT molecular complexity index is 1370. The van der Waals surface area contributed by atoms with Gasteiger partial charge in [0.2, 0.25) is 0 Å². The number of anilines is 1. The largest absolute Gasteiger partial charge is 0.496 e. The third kappa shape index (κ3) is 3.94. The van der Waals surface area contributed by atoms with E-state index in [1.165, 1.54) is 0 Å². The molecule has 0 atom stereocenters. The number of methoxy groups -OCH3 is 1. The number of aromatic nitrogens is 4. The van der Waals surface area contributed by atoms with E-state index in [2.05, 4.69) is 40.0 Å². The quantitative estimate of drug-likeness (QED) is 0.493. The van der Waals surface area contributed by atoms with Gasteiger partial charge in [0.1, 0.15) is 22.7 Å². The van der Waals surface area contributed by atoms with Gasteiger partial charge < -0.3 is 19.5 Å². The maximum Gasteiger partial charge on any atom is 0.262 e. The molecule has 3 heterocycles. The molecule has 176 valence electrons. The average molecular weight is 459 g/mol. The van der Waals surface area contributed by atoms with Gasteiger partial charge in [-0.05, 0) is 39.1 Å². The van der Waals surface area contributed by atoms with Gasteiger partial charge >= 0.3 is 0 Å². The molecular weight excluding hydrogens is 428 g/mol. The van der Waals surface area contributed by atoms with Crippen molar-refractivity contribution in [1.29, 1.82) is 0 Å². The van der Waals surface area contributed by atoms with Crippen molar-refractivity contribution in [2.24, 2.45) is 7.05 Å². The summed E-state index contributed by atoms with van der Waals surface area (Å²) >= 11 is 0. The maximum atomic E-state index is 13.2. The van der Waals surface area contributed by atoms with Gasteiger partial charge in [0.15, 0.2) is 5.65 Å². The number of aromatic amines is 1. The zero-order valence-electron chi connectivity index (χ0n) is 20.1. The SMILES string of the molecule is COc1cc(N2CCC(N(C)C)CC2)ccc1-c1nc2c(c(-c3ccccc3)nn2C)c(=O)[nH]1. The van der Waals surface area contributed by atoms with Crippen LogP contribution in [0.4, 0.5) is 5.69 Å². The number of rotatable bonds is 5. The summed E-state index contributed by atoms with van der Waals surface area (Å²) in [5.74, 6) is 1.15. The Morgan fingerprint density at radius 2 is 1.82 bits per heavy atom. The molecule has 1 aliphatic heterocycles. The Hall–Kier alpha value is -3.65. The summed E-state index contributed by atoms with van der Waals surface area (Å²) in [6.07, 6.45) is 2.26. The van der Waals surface area contributed by atoms with E-state index in [4.69, 9.17) is 9.72 Å². The second-order valence-electron chi connectivity index (χ2n) is 9.02. The van der Waals surface area contributed by atoms with Crippen molar-refractivity contribution in [2.75, 3.05) is 39.2 Å². The predicted octanol–water partition coefficient (Wildman–Crippen LogP) is 3.53. The highest BCUT2D eigenvalue weighted by molar-refractivity contribution is 5.91. The molecule has 1 N–H and O–H groups in total. The van der Waals surface area contributed by atoms with Gasteiger partial charge in [0.05, 0.1) is 12.7 Å². The number of aryl methyl sites for hydroxylation is 1. The van der Waals surface area contributed by atoms with E-state index in [9.17, 15) is 4.79 Å². The molecule has 1 saturated heterocycles. The van der Waals surface area contributed by atoms with Crippen LogP contribution in [-0.2, 0) is 7.05 Å². The molecule has 8 heteroatoms. The summed E-state index contributed by atoms with van der Waals surface area (Å²) in [6.45, 7) is 2.01. The number of nitrogens with zero attached hydrogens (tertiary/aromatic N) is 5. The van der Waals surface area contributed by atoms with Crippen LogP contribution in [0.3, 0.4) is 0 Å². The van der Waals surface area contributed by atoms with E-state index in [1.54, 1.807) is 11.8 Å². The van der Waals surface area contributed by atoms with Crippen molar-refractivity contribution in [3.63, 3.8) is 0 Å². The van der Waals surface area contributed by atoms with E-state index in [0.717, 1.165) is 42.7 Å². The molecule has 0 amide bonds. The highest BCUT2D eigenvalue weighted by Gasteiger charge is 2.23. The van der Waals surface area contributed by atoms with E-state index >= 15 is 0 Å². The van der Waals surface area contributed by atoms with E-state index in [-0.39, 0.29) is 5.56 Å². The first-order valence-corrected chi connectivity index (χ1v) is 11.6. The molecule has 0 radical (unpaired) electrons. The van der Waals surface area contributed by atoms with Gasteiger partial charge in [0.25, 0.3) is 5.56 Å². The molecule has 1 aliphatic rings. The smallest absolute Gasteiger partial charge is 0.262 e. The maximum absolute atomic E-state index is 13.2. The zero-order valence-corrected chi connectivity index (χ0v) is 20.1. The topological polar surface area (TPSA) is 79.3 Å². The molecule has 0 aliphatic carbocycles. The lowest BCUT2D eigenvalue weighted by Crippen LogP contribution is -2.41. The van der Waals surface area contributed by atoms with Crippen molar-refractivity contribution in [3.8, 4) is 28.4 Å². The number of H-pyrrole nitrogens is 1. The summed E-state index contributed by atoms with van der Waals surface area (Å²) in [6, 6.07) is 16.4. The number of hydrogen-bond acceptors (Lipinski definition) is 6. The summed E-state index contributed by atoms with van der Waals surface area (Å²) in [5.41, 5.74) is 3.69. The number of nitrogens with one attached hydrogen (secondary N) is 1. The molecular formula is C26H30N6O2. The first kappa shape index (κ1) is 22.2. The normalized spacial score (nSPS) is 14.8. The van der Waals surface area contributed by atoms with Crippen molar-refractivity contribution in [2.45, 2.75) is 18.9 Å². The van der Waals surface area contributed by atoms with Gasteiger partial charge in [-0.3, -0.25) is 4.79 Å². The van der Waals surface area contributed by atoms with Crippen molar-refractivity contribution in [3.05, 3.63) is 58.9 Å². The fourth-order valence-corrected chi connectivity index (χ4v) is 4.79. The van der Waals surface area contributed by atoms with Crippen LogP contribution in [0, 0.1) is 0 Å². The van der Waals surface area contributed by atoms with Crippen LogP contribution in [0.15, 0.2) is 53.3 Å². The highest BCUT2D eigenvalue weighted by Crippen LogP contribution is 2.34. The molecule has 0 bridgehead atoms. The molecule has 1 fully saturated rings. The van der Waals surface area contributed by atoms with Crippen LogP contribution < -0.4 is 15.2 Å². The summed E-state index contributed by atoms with van der Waals surface area (Å²) in [7, 11) is 7.75. The highest BCUT2D eigenvalue weighted by atomic mass is 16.5. The molecule has 8 nitrogen and oxygen atoms in total. The van der Waals surface area contributed by atoms with Crippen LogP contribution in [0.5, 0.6) is 5.75 Å². The molecule has 34 heavy (non-hydrogen) atoms. The molecule has 2 aromatic heterocycles. The molecule has 0 unspecified atom stereocenters. The van der Waals surface area contributed by atoms with Crippen LogP contribution in [0.1, 0.15) is 12.8 Å². The monoisotopic (exact) mass is 458 g/mol. The number of hydrogen-bond donors (Lipinski definition) is 1.